The van der Waals surface area contributed by atoms with Crippen molar-refractivity contribution < 1.29 is 4.74 Å². The second-order valence-electron chi connectivity index (χ2n) is 8.41. The summed E-state index contributed by atoms with van der Waals surface area (Å²) in [4.78, 5) is 8.92. The summed E-state index contributed by atoms with van der Waals surface area (Å²) in [7, 11) is 5.77. The van der Waals surface area contributed by atoms with Gasteiger partial charge in [0.2, 0.25) is 0 Å². The molecule has 4 aromatic rings. The smallest absolute Gasteiger partial charge is 0.174 e. The first-order chi connectivity index (χ1) is 16.6. The minimum absolute atomic E-state index is 0.113. The molecule has 1 aliphatic heterocycles. The van der Waals surface area contributed by atoms with E-state index >= 15 is 0 Å². The summed E-state index contributed by atoms with van der Waals surface area (Å²) in [6.07, 6.45) is 3.92. The second-order valence-corrected chi connectivity index (χ2v) is 8.80. The van der Waals surface area contributed by atoms with E-state index in [2.05, 4.69) is 73.3 Å². The number of ether oxygens (including phenoxy) is 1. The van der Waals surface area contributed by atoms with Crippen molar-refractivity contribution in [3.05, 3.63) is 103 Å². The predicted octanol–water partition coefficient (Wildman–Crippen LogP) is 5.12. The number of thiocarbonyl (C=S) groups is 1. The van der Waals surface area contributed by atoms with Gasteiger partial charge in [-0.15, -0.1) is 0 Å². The number of benzene rings is 2. The third-order valence-corrected chi connectivity index (χ3v) is 6.47. The molecule has 0 aliphatic carbocycles. The summed E-state index contributed by atoms with van der Waals surface area (Å²) < 4.78 is 7.72. The molecule has 2 aromatic carbocycles. The van der Waals surface area contributed by atoms with Crippen molar-refractivity contribution in [1.82, 2.24) is 14.9 Å². The van der Waals surface area contributed by atoms with Crippen LogP contribution in [0.25, 0.3) is 5.69 Å². The highest BCUT2D eigenvalue weighted by Crippen LogP contribution is 2.42. The normalized spacial score (nSPS) is 17.5. The third-order valence-electron chi connectivity index (χ3n) is 6.16. The first-order valence-corrected chi connectivity index (χ1v) is 11.6. The van der Waals surface area contributed by atoms with E-state index in [4.69, 9.17) is 17.0 Å². The van der Waals surface area contributed by atoms with Gasteiger partial charge in [0.15, 0.2) is 5.11 Å². The lowest BCUT2D eigenvalue weighted by Gasteiger charge is -2.29. The van der Waals surface area contributed by atoms with E-state index in [1.54, 1.807) is 7.11 Å². The van der Waals surface area contributed by atoms with Gasteiger partial charge >= 0.3 is 0 Å². The van der Waals surface area contributed by atoms with E-state index in [1.165, 1.54) is 0 Å². The molecule has 1 fully saturated rings. The lowest BCUT2D eigenvalue weighted by molar-refractivity contribution is 0.414. The first kappa shape index (κ1) is 22.0. The van der Waals surface area contributed by atoms with Gasteiger partial charge < -0.3 is 24.4 Å². The summed E-state index contributed by atoms with van der Waals surface area (Å²) in [6.45, 7) is 0. The van der Waals surface area contributed by atoms with Crippen LogP contribution in [0.15, 0.2) is 91.3 Å². The second kappa shape index (κ2) is 9.19. The minimum Gasteiger partial charge on any atom is -0.497 e. The van der Waals surface area contributed by atoms with Gasteiger partial charge in [-0.25, -0.2) is 0 Å². The summed E-state index contributed by atoms with van der Waals surface area (Å²) in [6, 6.07) is 26.5. The largest absolute Gasteiger partial charge is 0.497 e. The van der Waals surface area contributed by atoms with Gasteiger partial charge in [-0.05, 0) is 72.9 Å². The van der Waals surface area contributed by atoms with E-state index in [9.17, 15) is 0 Å². The lowest BCUT2D eigenvalue weighted by Crippen LogP contribution is -2.30. The number of pyridine rings is 1. The van der Waals surface area contributed by atoms with E-state index in [1.807, 2.05) is 56.7 Å². The van der Waals surface area contributed by atoms with E-state index < -0.39 is 0 Å². The summed E-state index contributed by atoms with van der Waals surface area (Å²) in [5.74, 6) is 0.787. The van der Waals surface area contributed by atoms with Gasteiger partial charge in [0.05, 0.1) is 18.8 Å². The zero-order chi connectivity index (χ0) is 23.7. The lowest BCUT2D eigenvalue weighted by atomic mass is 10.0. The molecule has 1 N–H and O–H groups in total. The van der Waals surface area contributed by atoms with Crippen LogP contribution in [0.5, 0.6) is 5.75 Å². The number of rotatable bonds is 6. The zero-order valence-electron chi connectivity index (χ0n) is 19.4. The molecule has 7 heteroatoms. The Hall–Kier alpha value is -3.84. The Morgan fingerprint density at radius 2 is 1.76 bits per heavy atom. The van der Waals surface area contributed by atoms with Crippen molar-refractivity contribution in [2.75, 3.05) is 31.0 Å². The molecule has 0 unspecified atom stereocenters. The Labute approximate surface area is 205 Å². The average Bonchev–Trinajstić information content (AvgIpc) is 3.49. The van der Waals surface area contributed by atoms with Crippen LogP contribution in [0, 0.1) is 0 Å². The molecule has 0 radical (unpaired) electrons. The zero-order valence-corrected chi connectivity index (χ0v) is 20.2. The van der Waals surface area contributed by atoms with Gasteiger partial charge in [0, 0.05) is 55.3 Å². The number of anilines is 2. The van der Waals surface area contributed by atoms with Crippen molar-refractivity contribution in [1.29, 1.82) is 0 Å². The van der Waals surface area contributed by atoms with Crippen LogP contribution >= 0.6 is 12.2 Å². The fourth-order valence-corrected chi connectivity index (χ4v) is 4.82. The maximum Gasteiger partial charge on any atom is 0.174 e. The summed E-state index contributed by atoms with van der Waals surface area (Å²) >= 11 is 5.87. The predicted molar refractivity (Wildman–Crippen MR) is 141 cm³/mol. The summed E-state index contributed by atoms with van der Waals surface area (Å²) in [5.41, 5.74) is 5.27. The molecule has 6 nitrogen and oxygen atoms in total. The Bertz CT molecular complexity index is 1290. The molecule has 0 amide bonds. The van der Waals surface area contributed by atoms with Crippen molar-refractivity contribution in [2.24, 2.45) is 0 Å². The molecule has 1 aliphatic rings. The Balaban J connectivity index is 1.63. The number of hydrogen-bond donors (Lipinski definition) is 1. The highest BCUT2D eigenvalue weighted by Gasteiger charge is 2.42. The molecule has 0 bridgehead atoms. The molecular formula is C27H27N5OS. The number of methoxy groups -OCH3 is 1. The highest BCUT2D eigenvalue weighted by molar-refractivity contribution is 7.80. The number of aromatic nitrogens is 2. The quantitative estimate of drug-likeness (QED) is 0.395. The van der Waals surface area contributed by atoms with Crippen molar-refractivity contribution in [3.8, 4) is 11.4 Å². The van der Waals surface area contributed by atoms with Gasteiger partial charge in [0.1, 0.15) is 11.8 Å². The van der Waals surface area contributed by atoms with Crippen LogP contribution in [0.1, 0.15) is 23.5 Å². The van der Waals surface area contributed by atoms with Crippen LogP contribution in [-0.4, -0.2) is 35.9 Å². The van der Waals surface area contributed by atoms with Gasteiger partial charge in [0.25, 0.3) is 0 Å². The van der Waals surface area contributed by atoms with Crippen molar-refractivity contribution in [3.63, 3.8) is 0 Å². The number of nitrogens with one attached hydrogen (secondary N) is 1. The van der Waals surface area contributed by atoms with E-state index in [0.29, 0.717) is 5.11 Å². The molecule has 1 saturated heterocycles. The van der Waals surface area contributed by atoms with E-state index in [0.717, 1.165) is 34.2 Å². The van der Waals surface area contributed by atoms with Crippen molar-refractivity contribution in [2.45, 2.75) is 12.1 Å². The Morgan fingerprint density at radius 3 is 2.47 bits per heavy atom. The Morgan fingerprint density at radius 1 is 0.941 bits per heavy atom. The fraction of sp³-hybridized carbons (Fsp3) is 0.185. The molecule has 0 spiro atoms. The van der Waals surface area contributed by atoms with Gasteiger partial charge in [-0.3, -0.25) is 4.98 Å². The third kappa shape index (κ3) is 3.99. The average molecular weight is 470 g/mol. The topological polar surface area (TPSA) is 45.6 Å². The highest BCUT2D eigenvalue weighted by atomic mass is 32.1. The van der Waals surface area contributed by atoms with Crippen molar-refractivity contribution >= 4 is 28.7 Å². The standard InChI is InChI=1S/C27H27N5OS/c1-30(2)19-12-14-20(15-13-19)31-17-7-11-24(31)26-25(23-10-4-5-16-28-23)29-27(34)32(26)21-8-6-9-22(18-21)33-3/h4-18,25-26H,1-3H3,(H,29,34)/t25-,26-/m1/s1. The molecule has 2 aromatic heterocycles. The first-order valence-electron chi connectivity index (χ1n) is 11.2. The molecule has 172 valence electrons. The van der Waals surface area contributed by atoms with Crippen LogP contribution in [-0.2, 0) is 0 Å². The van der Waals surface area contributed by atoms with Gasteiger partial charge in [-0.2, -0.15) is 0 Å². The summed E-state index contributed by atoms with van der Waals surface area (Å²) in [5, 5.41) is 4.19. The monoisotopic (exact) mass is 469 g/mol. The number of nitrogens with zero attached hydrogens (tertiary/aromatic N) is 4. The minimum atomic E-state index is -0.116. The van der Waals surface area contributed by atoms with Crippen LogP contribution < -0.4 is 19.9 Å². The molecule has 3 heterocycles. The van der Waals surface area contributed by atoms with Crippen LogP contribution in [0.3, 0.4) is 0 Å². The molecule has 5 rings (SSSR count). The molecule has 0 saturated carbocycles. The maximum atomic E-state index is 5.87. The Kier molecular flexibility index (Phi) is 5.94. The molecule has 34 heavy (non-hydrogen) atoms. The molecule has 2 atom stereocenters. The fourth-order valence-electron chi connectivity index (χ4n) is 4.48. The number of hydrogen-bond acceptors (Lipinski definition) is 4. The van der Waals surface area contributed by atoms with E-state index in [-0.39, 0.29) is 12.1 Å². The van der Waals surface area contributed by atoms with Gasteiger partial charge in [-0.1, -0.05) is 12.1 Å². The SMILES string of the molecule is COc1cccc(N2C(=S)N[C@H](c3ccccn3)[C@H]2c2cccn2-c2ccc(N(C)C)cc2)c1. The maximum absolute atomic E-state index is 5.87. The molecular weight excluding hydrogens is 442 g/mol. The van der Waals surface area contributed by atoms with Crippen LogP contribution in [0.4, 0.5) is 11.4 Å². The van der Waals surface area contributed by atoms with Crippen LogP contribution in [0.2, 0.25) is 0 Å².